The van der Waals surface area contributed by atoms with Crippen LogP contribution in [0.3, 0.4) is 0 Å². The van der Waals surface area contributed by atoms with Crippen molar-refractivity contribution < 1.29 is 9.53 Å². The summed E-state index contributed by atoms with van der Waals surface area (Å²) in [5, 5.41) is 12.2. The molecule has 1 amide bonds. The van der Waals surface area contributed by atoms with E-state index in [9.17, 15) is 4.79 Å². The van der Waals surface area contributed by atoms with Crippen LogP contribution >= 0.6 is 0 Å². The van der Waals surface area contributed by atoms with Gasteiger partial charge >= 0.3 is 0 Å². The minimum absolute atomic E-state index is 0.0198. The number of methoxy groups -OCH3 is 1. The van der Waals surface area contributed by atoms with E-state index in [0.717, 1.165) is 31.6 Å². The standard InChI is InChI=1S/C17H23N3O2/c1-13-5-6-16(22-2)10-14(13)7-8-19-12-17(21)20-9-3-4-15(20)11-18/h5-6,10,15,19H,3-4,7-9,12H2,1-2H3. The van der Waals surface area contributed by atoms with Gasteiger partial charge in [-0.2, -0.15) is 5.26 Å². The number of hydrogen-bond acceptors (Lipinski definition) is 4. The van der Waals surface area contributed by atoms with E-state index in [-0.39, 0.29) is 11.9 Å². The minimum atomic E-state index is -0.241. The van der Waals surface area contributed by atoms with Gasteiger partial charge in [0.1, 0.15) is 11.8 Å². The van der Waals surface area contributed by atoms with Crippen molar-refractivity contribution in [1.82, 2.24) is 10.2 Å². The van der Waals surface area contributed by atoms with Crippen molar-refractivity contribution >= 4 is 5.91 Å². The highest BCUT2D eigenvalue weighted by Crippen LogP contribution is 2.17. The molecule has 1 aromatic carbocycles. The molecule has 22 heavy (non-hydrogen) atoms. The number of carbonyl (C=O) groups excluding carboxylic acids is 1. The number of rotatable bonds is 6. The molecule has 2 rings (SSSR count). The molecular weight excluding hydrogens is 278 g/mol. The molecule has 1 N–H and O–H groups in total. The Hall–Kier alpha value is -2.06. The summed E-state index contributed by atoms with van der Waals surface area (Å²) in [5.74, 6) is 0.872. The number of aryl methyl sites for hydroxylation is 1. The highest BCUT2D eigenvalue weighted by atomic mass is 16.5. The molecule has 1 aromatic rings. The SMILES string of the molecule is COc1ccc(C)c(CCNCC(=O)N2CCCC2C#N)c1. The first-order valence-electron chi connectivity index (χ1n) is 7.69. The highest BCUT2D eigenvalue weighted by molar-refractivity contribution is 5.79. The van der Waals surface area contributed by atoms with E-state index < -0.39 is 0 Å². The van der Waals surface area contributed by atoms with E-state index in [1.807, 2.05) is 18.2 Å². The van der Waals surface area contributed by atoms with Crippen LogP contribution in [0.1, 0.15) is 24.0 Å². The van der Waals surface area contributed by atoms with Crippen LogP contribution in [0, 0.1) is 18.3 Å². The third-order valence-corrected chi connectivity index (χ3v) is 4.13. The number of nitrogens with zero attached hydrogens (tertiary/aromatic N) is 2. The molecule has 1 heterocycles. The van der Waals surface area contributed by atoms with Gasteiger partial charge in [-0.1, -0.05) is 6.07 Å². The van der Waals surface area contributed by atoms with Crippen molar-refractivity contribution in [1.29, 1.82) is 5.26 Å². The monoisotopic (exact) mass is 301 g/mol. The zero-order chi connectivity index (χ0) is 15.9. The Bertz CT molecular complexity index is 566. The lowest BCUT2D eigenvalue weighted by Crippen LogP contribution is -2.41. The number of ether oxygens (including phenoxy) is 1. The fraction of sp³-hybridized carbons (Fsp3) is 0.529. The molecule has 1 fully saturated rings. The molecule has 1 unspecified atom stereocenters. The molecule has 1 saturated heterocycles. The van der Waals surface area contributed by atoms with Crippen LogP contribution in [0.15, 0.2) is 18.2 Å². The summed E-state index contributed by atoms with van der Waals surface area (Å²) in [4.78, 5) is 13.8. The molecule has 0 radical (unpaired) electrons. The molecule has 0 saturated carbocycles. The fourth-order valence-corrected chi connectivity index (χ4v) is 2.76. The van der Waals surface area contributed by atoms with Gasteiger partial charge in [-0.15, -0.1) is 0 Å². The maximum absolute atomic E-state index is 12.1. The van der Waals surface area contributed by atoms with Gasteiger partial charge in [0.2, 0.25) is 5.91 Å². The Morgan fingerprint density at radius 1 is 1.55 bits per heavy atom. The second kappa shape index (κ2) is 7.81. The van der Waals surface area contributed by atoms with Gasteiger partial charge in [0.05, 0.1) is 19.7 Å². The van der Waals surface area contributed by atoms with Gasteiger partial charge in [0.15, 0.2) is 0 Å². The molecule has 0 bridgehead atoms. The molecular formula is C17H23N3O2. The summed E-state index contributed by atoms with van der Waals surface area (Å²) in [6.45, 7) is 3.79. The maximum Gasteiger partial charge on any atom is 0.237 e. The van der Waals surface area contributed by atoms with Crippen LogP contribution in [-0.4, -0.2) is 43.6 Å². The number of likely N-dealkylation sites (tertiary alicyclic amines) is 1. The molecule has 0 spiro atoms. The molecule has 5 nitrogen and oxygen atoms in total. The van der Waals surface area contributed by atoms with E-state index in [1.165, 1.54) is 11.1 Å². The molecule has 0 aliphatic carbocycles. The second-order valence-corrected chi connectivity index (χ2v) is 5.59. The first-order valence-corrected chi connectivity index (χ1v) is 7.69. The van der Waals surface area contributed by atoms with Crippen LogP contribution in [0.2, 0.25) is 0 Å². The van der Waals surface area contributed by atoms with E-state index in [0.29, 0.717) is 13.1 Å². The number of nitrogens with one attached hydrogen (secondary N) is 1. The van der Waals surface area contributed by atoms with Gasteiger partial charge in [-0.25, -0.2) is 0 Å². The minimum Gasteiger partial charge on any atom is -0.497 e. The van der Waals surface area contributed by atoms with E-state index in [2.05, 4.69) is 18.3 Å². The molecule has 0 aromatic heterocycles. The Morgan fingerprint density at radius 2 is 2.36 bits per heavy atom. The van der Waals surface area contributed by atoms with Crippen LogP contribution in [0.25, 0.3) is 0 Å². The number of benzene rings is 1. The van der Waals surface area contributed by atoms with Gasteiger partial charge < -0.3 is 15.0 Å². The zero-order valence-corrected chi connectivity index (χ0v) is 13.3. The lowest BCUT2D eigenvalue weighted by atomic mass is 10.1. The predicted octanol–water partition coefficient (Wildman–Crippen LogP) is 1.65. The van der Waals surface area contributed by atoms with Crippen LogP contribution in [0.4, 0.5) is 0 Å². The smallest absolute Gasteiger partial charge is 0.237 e. The average molecular weight is 301 g/mol. The number of nitriles is 1. The summed E-state index contributed by atoms with van der Waals surface area (Å²) >= 11 is 0. The number of amides is 1. The van der Waals surface area contributed by atoms with E-state index >= 15 is 0 Å². The Labute approximate surface area is 131 Å². The van der Waals surface area contributed by atoms with Gasteiger partial charge in [0.25, 0.3) is 0 Å². The van der Waals surface area contributed by atoms with Gasteiger partial charge in [-0.05, 0) is 56.0 Å². The quantitative estimate of drug-likeness (QED) is 0.811. The maximum atomic E-state index is 12.1. The highest BCUT2D eigenvalue weighted by Gasteiger charge is 2.27. The van der Waals surface area contributed by atoms with E-state index in [1.54, 1.807) is 12.0 Å². The fourth-order valence-electron chi connectivity index (χ4n) is 2.76. The molecule has 1 aliphatic heterocycles. The summed E-state index contributed by atoms with van der Waals surface area (Å²) in [6.07, 6.45) is 2.57. The third kappa shape index (κ3) is 3.99. The lowest BCUT2D eigenvalue weighted by molar-refractivity contribution is -0.130. The summed E-state index contributed by atoms with van der Waals surface area (Å²) in [6, 6.07) is 7.98. The van der Waals surface area contributed by atoms with E-state index in [4.69, 9.17) is 10.00 Å². The van der Waals surface area contributed by atoms with Crippen LogP contribution < -0.4 is 10.1 Å². The van der Waals surface area contributed by atoms with Crippen LogP contribution in [-0.2, 0) is 11.2 Å². The Morgan fingerprint density at radius 3 is 3.09 bits per heavy atom. The van der Waals surface area contributed by atoms with Crippen molar-refractivity contribution in [2.24, 2.45) is 0 Å². The second-order valence-electron chi connectivity index (χ2n) is 5.59. The van der Waals surface area contributed by atoms with Crippen molar-refractivity contribution in [3.8, 4) is 11.8 Å². The molecule has 1 aliphatic rings. The van der Waals surface area contributed by atoms with Crippen molar-refractivity contribution in [2.45, 2.75) is 32.2 Å². The third-order valence-electron chi connectivity index (χ3n) is 4.13. The summed E-state index contributed by atoms with van der Waals surface area (Å²) in [7, 11) is 1.66. The normalized spacial score (nSPS) is 17.3. The molecule has 1 atom stereocenters. The Kier molecular flexibility index (Phi) is 5.79. The summed E-state index contributed by atoms with van der Waals surface area (Å²) < 4.78 is 5.23. The number of hydrogen-bond donors (Lipinski definition) is 1. The molecule has 5 heteroatoms. The first kappa shape index (κ1) is 16.3. The molecule has 118 valence electrons. The lowest BCUT2D eigenvalue weighted by Gasteiger charge is -2.19. The predicted molar refractivity (Wildman–Crippen MR) is 84.7 cm³/mol. The van der Waals surface area contributed by atoms with Crippen molar-refractivity contribution in [3.63, 3.8) is 0 Å². The van der Waals surface area contributed by atoms with Crippen LogP contribution in [0.5, 0.6) is 5.75 Å². The zero-order valence-electron chi connectivity index (χ0n) is 13.3. The van der Waals surface area contributed by atoms with Gasteiger partial charge in [0, 0.05) is 6.54 Å². The van der Waals surface area contributed by atoms with Gasteiger partial charge in [-0.3, -0.25) is 4.79 Å². The average Bonchev–Trinajstić information content (AvgIpc) is 3.01. The topological polar surface area (TPSA) is 65.4 Å². The van der Waals surface area contributed by atoms with Crippen molar-refractivity contribution in [2.75, 3.05) is 26.7 Å². The number of carbonyl (C=O) groups is 1. The summed E-state index contributed by atoms with van der Waals surface area (Å²) in [5.41, 5.74) is 2.44. The Balaban J connectivity index is 1.78. The largest absolute Gasteiger partial charge is 0.497 e. The van der Waals surface area contributed by atoms with Crippen molar-refractivity contribution in [3.05, 3.63) is 29.3 Å². The first-order chi connectivity index (χ1) is 10.7.